The molecule has 4 aromatic rings. The van der Waals surface area contributed by atoms with E-state index in [4.69, 9.17) is 4.98 Å². The maximum atomic E-state index is 4.76. The average molecular weight is 346 g/mol. The number of aryl methyl sites for hydroxylation is 1. The Kier molecular flexibility index (Phi) is 4.39. The van der Waals surface area contributed by atoms with Crippen LogP contribution in [0.25, 0.3) is 16.9 Å². The Morgan fingerprint density at radius 2 is 2.00 bits per heavy atom. The van der Waals surface area contributed by atoms with Gasteiger partial charge in [-0.3, -0.25) is 0 Å². The van der Waals surface area contributed by atoms with Gasteiger partial charge in [0.25, 0.3) is 0 Å². The van der Waals surface area contributed by atoms with Crippen molar-refractivity contribution in [3.63, 3.8) is 0 Å². The second-order valence-electron chi connectivity index (χ2n) is 6.52. The van der Waals surface area contributed by atoms with Crippen LogP contribution in [0.3, 0.4) is 0 Å². The lowest BCUT2D eigenvalue weighted by molar-refractivity contribution is 0.519. The van der Waals surface area contributed by atoms with E-state index in [0.717, 1.165) is 41.4 Å². The first-order valence-electron chi connectivity index (χ1n) is 8.85. The lowest BCUT2D eigenvalue weighted by Crippen LogP contribution is -2.12. The van der Waals surface area contributed by atoms with Gasteiger partial charge in [0.1, 0.15) is 5.82 Å². The fourth-order valence-electron chi connectivity index (χ4n) is 3.06. The van der Waals surface area contributed by atoms with Gasteiger partial charge in [0.15, 0.2) is 5.65 Å². The summed E-state index contributed by atoms with van der Waals surface area (Å²) in [6.45, 7) is 5.02. The molecule has 3 heterocycles. The second kappa shape index (κ2) is 7.00. The molecule has 6 heteroatoms. The van der Waals surface area contributed by atoms with Crippen LogP contribution in [-0.2, 0) is 0 Å². The molecule has 0 amide bonds. The number of rotatable bonds is 6. The summed E-state index contributed by atoms with van der Waals surface area (Å²) in [4.78, 5) is 8.88. The Labute approximate surface area is 152 Å². The van der Waals surface area contributed by atoms with Crippen LogP contribution in [-0.4, -0.2) is 30.7 Å². The number of fused-ring (bicyclic) bond motifs is 1. The van der Waals surface area contributed by atoms with Gasteiger partial charge in [0, 0.05) is 42.7 Å². The van der Waals surface area contributed by atoms with Crippen molar-refractivity contribution in [3.05, 3.63) is 66.9 Å². The van der Waals surface area contributed by atoms with Crippen LogP contribution in [0.5, 0.6) is 0 Å². The third kappa shape index (κ3) is 3.31. The highest BCUT2D eigenvalue weighted by Crippen LogP contribution is 2.23. The molecular weight excluding hydrogens is 324 g/mol. The molecule has 3 aromatic heterocycles. The van der Waals surface area contributed by atoms with Crippen LogP contribution in [0.1, 0.15) is 25.1 Å². The number of nitrogens with one attached hydrogen (secondary N) is 1. The third-order valence-corrected chi connectivity index (χ3v) is 4.52. The van der Waals surface area contributed by atoms with E-state index in [1.54, 1.807) is 0 Å². The zero-order chi connectivity index (χ0) is 17.9. The summed E-state index contributed by atoms with van der Waals surface area (Å²) < 4.78 is 4.00. The minimum atomic E-state index is 0.385. The normalized spacial score (nSPS) is 12.4. The van der Waals surface area contributed by atoms with Crippen LogP contribution in [0, 0.1) is 6.92 Å². The molecular formula is C20H22N6. The summed E-state index contributed by atoms with van der Waals surface area (Å²) in [6, 6.07) is 14.7. The third-order valence-electron chi connectivity index (χ3n) is 4.52. The maximum Gasteiger partial charge on any atom is 0.158 e. The van der Waals surface area contributed by atoms with Gasteiger partial charge in [-0.25, -0.2) is 9.97 Å². The highest BCUT2D eigenvalue weighted by atomic mass is 15.3. The molecule has 4 rings (SSSR count). The summed E-state index contributed by atoms with van der Waals surface area (Å²) >= 11 is 0. The number of aromatic nitrogens is 5. The van der Waals surface area contributed by atoms with Crippen molar-refractivity contribution < 1.29 is 0 Å². The van der Waals surface area contributed by atoms with Crippen molar-refractivity contribution in [1.82, 2.24) is 24.1 Å². The fourth-order valence-corrected chi connectivity index (χ4v) is 3.06. The number of imidazole rings is 1. The predicted molar refractivity (Wildman–Crippen MR) is 103 cm³/mol. The van der Waals surface area contributed by atoms with Gasteiger partial charge in [-0.05, 0) is 20.3 Å². The van der Waals surface area contributed by atoms with Gasteiger partial charge >= 0.3 is 0 Å². The van der Waals surface area contributed by atoms with E-state index in [9.17, 15) is 0 Å². The van der Waals surface area contributed by atoms with E-state index in [2.05, 4.69) is 45.1 Å². The highest BCUT2D eigenvalue weighted by molar-refractivity contribution is 5.66. The molecule has 1 aromatic carbocycles. The van der Waals surface area contributed by atoms with E-state index >= 15 is 0 Å². The van der Waals surface area contributed by atoms with Crippen LogP contribution in [0.4, 0.5) is 5.82 Å². The maximum absolute atomic E-state index is 4.76. The number of nitrogens with zero attached hydrogens (tertiary/aromatic N) is 5. The fraction of sp³-hybridized carbons (Fsp3) is 0.250. The lowest BCUT2D eigenvalue weighted by Gasteiger charge is -2.15. The van der Waals surface area contributed by atoms with Crippen LogP contribution in [0.2, 0.25) is 0 Å². The monoisotopic (exact) mass is 346 g/mol. The Morgan fingerprint density at radius 1 is 1.15 bits per heavy atom. The Bertz CT molecular complexity index is 988. The van der Waals surface area contributed by atoms with Gasteiger partial charge in [-0.15, -0.1) is 0 Å². The minimum absolute atomic E-state index is 0.385. The average Bonchev–Trinajstić information content (AvgIpc) is 3.31. The number of benzene rings is 1. The molecule has 132 valence electrons. The van der Waals surface area contributed by atoms with E-state index in [1.165, 1.54) is 0 Å². The molecule has 0 aliphatic rings. The van der Waals surface area contributed by atoms with Gasteiger partial charge in [-0.1, -0.05) is 30.3 Å². The number of hydrogen-bond donors (Lipinski definition) is 1. The predicted octanol–water partition coefficient (Wildman–Crippen LogP) is 3.96. The lowest BCUT2D eigenvalue weighted by atomic mass is 10.1. The smallest absolute Gasteiger partial charge is 0.158 e. The second-order valence-corrected chi connectivity index (χ2v) is 6.52. The van der Waals surface area contributed by atoms with Crippen LogP contribution in [0.15, 0.2) is 61.2 Å². The molecule has 0 aliphatic heterocycles. The van der Waals surface area contributed by atoms with Crippen molar-refractivity contribution in [2.75, 3.05) is 11.9 Å². The molecule has 0 saturated heterocycles. The first-order valence-corrected chi connectivity index (χ1v) is 8.85. The molecule has 0 saturated carbocycles. The summed E-state index contributed by atoms with van der Waals surface area (Å²) in [5, 5.41) is 8.10. The highest BCUT2D eigenvalue weighted by Gasteiger charge is 2.10. The van der Waals surface area contributed by atoms with Gasteiger partial charge in [0.2, 0.25) is 0 Å². The molecule has 0 bridgehead atoms. The molecule has 0 aliphatic carbocycles. The quantitative estimate of drug-likeness (QED) is 0.574. The van der Waals surface area contributed by atoms with Gasteiger partial charge < -0.3 is 9.88 Å². The molecule has 26 heavy (non-hydrogen) atoms. The van der Waals surface area contributed by atoms with E-state index in [-0.39, 0.29) is 0 Å². The molecule has 6 nitrogen and oxygen atoms in total. The van der Waals surface area contributed by atoms with Crippen molar-refractivity contribution in [2.45, 2.75) is 26.3 Å². The van der Waals surface area contributed by atoms with E-state index < -0.39 is 0 Å². The Morgan fingerprint density at radius 3 is 2.77 bits per heavy atom. The van der Waals surface area contributed by atoms with Crippen LogP contribution < -0.4 is 5.32 Å². The largest absolute Gasteiger partial charge is 0.370 e. The first kappa shape index (κ1) is 16.3. The summed E-state index contributed by atoms with van der Waals surface area (Å²) in [7, 11) is 0. The minimum Gasteiger partial charge on any atom is -0.370 e. The van der Waals surface area contributed by atoms with Gasteiger partial charge in [-0.2, -0.15) is 9.61 Å². The van der Waals surface area contributed by atoms with Gasteiger partial charge in [0.05, 0.1) is 17.7 Å². The number of anilines is 1. The van der Waals surface area contributed by atoms with Crippen molar-refractivity contribution >= 4 is 11.5 Å². The Balaban J connectivity index is 1.59. The van der Waals surface area contributed by atoms with Crippen molar-refractivity contribution in [2.24, 2.45) is 0 Å². The molecule has 0 radical (unpaired) electrons. The molecule has 0 unspecified atom stereocenters. The zero-order valence-electron chi connectivity index (χ0n) is 15.0. The van der Waals surface area contributed by atoms with E-state index in [0.29, 0.717) is 6.04 Å². The molecule has 1 atom stereocenters. The zero-order valence-corrected chi connectivity index (χ0v) is 15.0. The standard InChI is InChI=1S/C20H22N6/c1-15-12-20-23-18(17-6-4-3-5-7-17)13-19(26(20)24-15)22-9-8-16(2)25-11-10-21-14-25/h3-7,10-14,16,22H,8-9H2,1-2H3/t16-/m1/s1. The van der Waals surface area contributed by atoms with Crippen molar-refractivity contribution in [3.8, 4) is 11.3 Å². The summed E-state index contributed by atoms with van der Waals surface area (Å²) in [5.74, 6) is 0.958. The van der Waals surface area contributed by atoms with Crippen molar-refractivity contribution in [1.29, 1.82) is 0 Å². The summed E-state index contributed by atoms with van der Waals surface area (Å²) in [5.41, 5.74) is 3.86. The van der Waals surface area contributed by atoms with Crippen LogP contribution >= 0.6 is 0 Å². The first-order chi connectivity index (χ1) is 12.7. The summed E-state index contributed by atoms with van der Waals surface area (Å²) in [6.07, 6.45) is 6.66. The molecule has 0 spiro atoms. The molecule has 1 N–H and O–H groups in total. The topological polar surface area (TPSA) is 60.0 Å². The SMILES string of the molecule is Cc1cc2nc(-c3ccccc3)cc(NCC[C@@H](C)n3ccnc3)n2n1. The van der Waals surface area contributed by atoms with E-state index in [1.807, 2.05) is 54.4 Å². The Hall–Kier alpha value is -3.15. The number of hydrogen-bond acceptors (Lipinski definition) is 4. The molecule has 0 fully saturated rings.